The molecule has 2 heterocycles. The van der Waals surface area contributed by atoms with E-state index in [2.05, 4.69) is 10.2 Å². The molecule has 6 heteroatoms. The third kappa shape index (κ3) is 3.97. The number of carbonyl (C=O) groups is 1. The van der Waals surface area contributed by atoms with Crippen LogP contribution in [0.2, 0.25) is 0 Å². The monoisotopic (exact) mass is 390 g/mol. The van der Waals surface area contributed by atoms with Gasteiger partial charge in [-0.2, -0.15) is 0 Å². The van der Waals surface area contributed by atoms with E-state index in [9.17, 15) is 4.79 Å². The average molecular weight is 390 g/mol. The second-order valence-corrected chi connectivity index (χ2v) is 6.59. The Balaban J connectivity index is 0.00000117. The van der Waals surface area contributed by atoms with Gasteiger partial charge >= 0.3 is 0 Å². The number of ketones is 1. The molecular formula is C23H26N4O2. The van der Waals surface area contributed by atoms with Gasteiger partial charge in [0.15, 0.2) is 5.82 Å². The predicted molar refractivity (Wildman–Crippen MR) is 114 cm³/mol. The highest BCUT2D eigenvalue weighted by Crippen LogP contribution is 2.32. The molecule has 4 rings (SSSR count). The van der Waals surface area contributed by atoms with E-state index in [0.717, 1.165) is 34.1 Å². The molecule has 29 heavy (non-hydrogen) atoms. The summed E-state index contributed by atoms with van der Waals surface area (Å²) in [5.41, 5.74) is 3.76. The van der Waals surface area contributed by atoms with E-state index >= 15 is 0 Å². The van der Waals surface area contributed by atoms with Crippen molar-refractivity contribution in [2.75, 3.05) is 7.11 Å². The Morgan fingerprint density at radius 1 is 1.07 bits per heavy atom. The molecule has 1 aromatic heterocycles. The van der Waals surface area contributed by atoms with Crippen molar-refractivity contribution in [2.45, 2.75) is 40.2 Å². The topological polar surface area (TPSA) is 69.4 Å². The summed E-state index contributed by atoms with van der Waals surface area (Å²) in [6.45, 7) is 7.49. The number of fused-ring (bicyclic) bond motifs is 3. The number of ether oxygens (including phenoxy) is 1. The van der Waals surface area contributed by atoms with Crippen LogP contribution < -0.4 is 4.74 Å². The molecule has 2 aromatic carbocycles. The van der Waals surface area contributed by atoms with Gasteiger partial charge < -0.3 is 4.74 Å². The molecule has 3 aromatic rings. The summed E-state index contributed by atoms with van der Waals surface area (Å²) < 4.78 is 7.27. The maximum absolute atomic E-state index is 11.9. The summed E-state index contributed by atoms with van der Waals surface area (Å²) in [6, 6.07) is 15.5. The lowest BCUT2D eigenvalue weighted by molar-refractivity contribution is -0.117. The molecule has 1 aliphatic heterocycles. The van der Waals surface area contributed by atoms with E-state index in [0.29, 0.717) is 5.82 Å². The number of Topliss-reactive ketones (excluding diaryl/α,β-unsaturated/α-hetero) is 1. The minimum atomic E-state index is -0.381. The number of carbonyl (C=O) groups excluding carboxylic acids is 1. The number of hydrogen-bond acceptors (Lipinski definition) is 5. The zero-order valence-corrected chi connectivity index (χ0v) is 17.5. The molecule has 1 atom stereocenters. The lowest BCUT2D eigenvalue weighted by Gasteiger charge is -2.12. The van der Waals surface area contributed by atoms with E-state index in [1.807, 2.05) is 73.9 Å². The van der Waals surface area contributed by atoms with Gasteiger partial charge in [-0.05, 0) is 44.2 Å². The smallest absolute Gasteiger partial charge is 0.162 e. The second kappa shape index (κ2) is 8.82. The van der Waals surface area contributed by atoms with E-state index < -0.39 is 0 Å². The number of aromatic nitrogens is 3. The van der Waals surface area contributed by atoms with Crippen molar-refractivity contribution in [3.8, 4) is 11.4 Å². The van der Waals surface area contributed by atoms with Gasteiger partial charge in [0.1, 0.15) is 23.4 Å². The summed E-state index contributed by atoms with van der Waals surface area (Å²) in [4.78, 5) is 16.9. The Kier molecular flexibility index (Phi) is 6.22. The molecule has 0 saturated heterocycles. The fourth-order valence-electron chi connectivity index (χ4n) is 3.43. The summed E-state index contributed by atoms with van der Waals surface area (Å²) >= 11 is 0. The van der Waals surface area contributed by atoms with Crippen LogP contribution in [0.25, 0.3) is 5.69 Å². The number of nitrogens with zero attached hydrogens (tertiary/aromatic N) is 4. The molecule has 0 unspecified atom stereocenters. The number of methoxy groups -OCH3 is 1. The van der Waals surface area contributed by atoms with Crippen molar-refractivity contribution in [1.82, 2.24) is 14.8 Å². The van der Waals surface area contributed by atoms with Gasteiger partial charge in [0.05, 0.1) is 18.5 Å². The molecule has 0 fully saturated rings. The number of rotatable bonds is 4. The van der Waals surface area contributed by atoms with Gasteiger partial charge in [0.25, 0.3) is 0 Å². The Morgan fingerprint density at radius 3 is 2.41 bits per heavy atom. The van der Waals surface area contributed by atoms with Crippen LogP contribution in [-0.2, 0) is 4.79 Å². The quantitative estimate of drug-likeness (QED) is 0.658. The van der Waals surface area contributed by atoms with E-state index in [1.165, 1.54) is 0 Å². The summed E-state index contributed by atoms with van der Waals surface area (Å²) in [7, 11) is 1.64. The molecule has 0 spiro atoms. The first kappa shape index (κ1) is 20.5. The van der Waals surface area contributed by atoms with Crippen LogP contribution in [0.4, 0.5) is 0 Å². The lowest BCUT2D eigenvalue weighted by atomic mass is 10.00. The first-order valence-electron chi connectivity index (χ1n) is 9.82. The molecule has 0 amide bonds. The molecule has 0 aliphatic carbocycles. The minimum Gasteiger partial charge on any atom is -0.497 e. The lowest BCUT2D eigenvalue weighted by Crippen LogP contribution is -2.09. The maximum Gasteiger partial charge on any atom is 0.162 e. The molecule has 0 bridgehead atoms. The molecular weight excluding hydrogens is 364 g/mol. The van der Waals surface area contributed by atoms with E-state index in [1.54, 1.807) is 14.0 Å². The highest BCUT2D eigenvalue weighted by atomic mass is 16.5. The van der Waals surface area contributed by atoms with Gasteiger partial charge in [-0.15, -0.1) is 10.2 Å². The molecule has 0 saturated carbocycles. The Bertz CT molecular complexity index is 1040. The average Bonchev–Trinajstić information content (AvgIpc) is 3.07. The van der Waals surface area contributed by atoms with Gasteiger partial charge in [0.2, 0.25) is 0 Å². The number of para-hydroxylation sites is 1. The van der Waals surface area contributed by atoms with Crippen LogP contribution in [-0.4, -0.2) is 33.4 Å². The highest BCUT2D eigenvalue weighted by molar-refractivity contribution is 6.15. The highest BCUT2D eigenvalue weighted by Gasteiger charge is 2.28. The van der Waals surface area contributed by atoms with E-state index in [4.69, 9.17) is 9.73 Å². The molecule has 150 valence electrons. The van der Waals surface area contributed by atoms with Crippen LogP contribution in [0.3, 0.4) is 0 Å². The third-order valence-corrected chi connectivity index (χ3v) is 4.68. The van der Waals surface area contributed by atoms with Crippen molar-refractivity contribution in [3.05, 3.63) is 71.3 Å². The van der Waals surface area contributed by atoms with Crippen LogP contribution >= 0.6 is 0 Å². The van der Waals surface area contributed by atoms with Crippen molar-refractivity contribution in [3.63, 3.8) is 0 Å². The fourth-order valence-corrected chi connectivity index (χ4v) is 3.43. The number of aryl methyl sites for hydroxylation is 1. The number of hydrogen-bond donors (Lipinski definition) is 0. The number of aliphatic imine (C=N–C) groups is 1. The molecule has 0 N–H and O–H groups in total. The Morgan fingerprint density at radius 2 is 1.76 bits per heavy atom. The third-order valence-electron chi connectivity index (χ3n) is 4.68. The maximum atomic E-state index is 11.9. The van der Waals surface area contributed by atoms with Gasteiger partial charge in [-0.25, -0.2) is 0 Å². The zero-order chi connectivity index (χ0) is 21.0. The van der Waals surface area contributed by atoms with Gasteiger partial charge in [-0.3, -0.25) is 14.4 Å². The first-order chi connectivity index (χ1) is 14.1. The largest absolute Gasteiger partial charge is 0.497 e. The summed E-state index contributed by atoms with van der Waals surface area (Å²) in [6.07, 6.45) is 0.284. The Labute approximate surface area is 171 Å². The van der Waals surface area contributed by atoms with Crippen LogP contribution in [0.1, 0.15) is 56.0 Å². The van der Waals surface area contributed by atoms with E-state index in [-0.39, 0.29) is 18.2 Å². The van der Waals surface area contributed by atoms with Crippen LogP contribution in [0, 0.1) is 6.92 Å². The van der Waals surface area contributed by atoms with Crippen molar-refractivity contribution >= 4 is 11.5 Å². The minimum absolute atomic E-state index is 0.0657. The van der Waals surface area contributed by atoms with Gasteiger partial charge in [-0.1, -0.05) is 32.0 Å². The van der Waals surface area contributed by atoms with Crippen molar-refractivity contribution < 1.29 is 9.53 Å². The first-order valence-corrected chi connectivity index (χ1v) is 9.82. The summed E-state index contributed by atoms with van der Waals surface area (Å²) in [5, 5.41) is 8.57. The van der Waals surface area contributed by atoms with Gasteiger partial charge in [0, 0.05) is 17.5 Å². The second-order valence-electron chi connectivity index (χ2n) is 6.59. The normalized spacial score (nSPS) is 14.5. The zero-order valence-electron chi connectivity index (χ0n) is 17.5. The number of benzene rings is 2. The Hall–Kier alpha value is -3.28. The molecule has 0 radical (unpaired) electrons. The summed E-state index contributed by atoms with van der Waals surface area (Å²) in [5.74, 6) is 2.32. The van der Waals surface area contributed by atoms with Crippen molar-refractivity contribution in [1.29, 1.82) is 0 Å². The SMILES string of the molecule is CC.COc1ccc(C2=N[C@@H](CC(C)=O)c3nnc(C)n3-c3ccccc32)cc1. The van der Waals surface area contributed by atoms with Crippen LogP contribution in [0.15, 0.2) is 53.5 Å². The standard InChI is InChI=1S/C21H20N4O2.C2H6/c1-13(26)12-18-21-24-23-14(2)25(21)19-7-5-4-6-17(19)20(22-18)15-8-10-16(27-3)11-9-15;1-2/h4-11,18H,12H2,1-3H3;1-2H3/t18-;/m0./s1. The predicted octanol–water partition coefficient (Wildman–Crippen LogP) is 4.48. The molecule has 6 nitrogen and oxygen atoms in total. The van der Waals surface area contributed by atoms with Crippen molar-refractivity contribution in [2.24, 2.45) is 4.99 Å². The van der Waals surface area contributed by atoms with Crippen LogP contribution in [0.5, 0.6) is 5.75 Å². The molecule has 1 aliphatic rings. The fraction of sp³-hybridized carbons (Fsp3) is 0.304.